The standard InChI is InChI=1S/C10H11ClF3N/c1-7(11)6-15-9-4-2-3-8(5-9)10(12,13)14/h2-5,7,15H,6H2,1H3. The molecule has 84 valence electrons. The van der Waals surface area contributed by atoms with E-state index in [2.05, 4.69) is 5.32 Å². The molecule has 0 fully saturated rings. The van der Waals surface area contributed by atoms with E-state index in [-0.39, 0.29) is 5.38 Å². The van der Waals surface area contributed by atoms with E-state index in [4.69, 9.17) is 11.6 Å². The Balaban J connectivity index is 2.75. The van der Waals surface area contributed by atoms with Crippen molar-refractivity contribution in [3.05, 3.63) is 29.8 Å². The first kappa shape index (κ1) is 12.2. The van der Waals surface area contributed by atoms with Crippen molar-refractivity contribution in [3.8, 4) is 0 Å². The van der Waals surface area contributed by atoms with Crippen LogP contribution in [0.1, 0.15) is 12.5 Å². The Labute approximate surface area is 91.2 Å². The monoisotopic (exact) mass is 237 g/mol. The fourth-order valence-electron chi connectivity index (χ4n) is 1.06. The third-order valence-electron chi connectivity index (χ3n) is 1.78. The lowest BCUT2D eigenvalue weighted by molar-refractivity contribution is -0.137. The molecule has 1 atom stereocenters. The van der Waals surface area contributed by atoms with Crippen molar-refractivity contribution in [1.82, 2.24) is 0 Å². The summed E-state index contributed by atoms with van der Waals surface area (Å²) in [5, 5.41) is 2.70. The summed E-state index contributed by atoms with van der Waals surface area (Å²) in [5.41, 5.74) is -0.230. The molecule has 1 N–H and O–H groups in total. The van der Waals surface area contributed by atoms with E-state index in [0.717, 1.165) is 12.1 Å². The van der Waals surface area contributed by atoms with Crippen LogP contribution in [0.4, 0.5) is 18.9 Å². The van der Waals surface area contributed by atoms with E-state index in [0.29, 0.717) is 12.2 Å². The molecule has 0 aliphatic heterocycles. The number of benzene rings is 1. The largest absolute Gasteiger partial charge is 0.416 e. The highest BCUT2D eigenvalue weighted by molar-refractivity contribution is 6.20. The maximum Gasteiger partial charge on any atom is 0.416 e. The highest BCUT2D eigenvalue weighted by Crippen LogP contribution is 2.30. The number of nitrogens with one attached hydrogen (secondary N) is 1. The van der Waals surface area contributed by atoms with Gasteiger partial charge in [-0.1, -0.05) is 6.07 Å². The summed E-state index contributed by atoms with van der Waals surface area (Å²) in [6.45, 7) is 2.20. The Hall–Kier alpha value is -0.900. The molecule has 1 rings (SSSR count). The molecule has 0 radical (unpaired) electrons. The van der Waals surface area contributed by atoms with Crippen molar-refractivity contribution in [3.63, 3.8) is 0 Å². The fraction of sp³-hybridized carbons (Fsp3) is 0.400. The van der Waals surface area contributed by atoms with Gasteiger partial charge < -0.3 is 5.32 Å². The second-order valence-electron chi connectivity index (χ2n) is 3.24. The van der Waals surface area contributed by atoms with Gasteiger partial charge in [0.25, 0.3) is 0 Å². The highest BCUT2D eigenvalue weighted by Gasteiger charge is 2.30. The van der Waals surface area contributed by atoms with E-state index < -0.39 is 11.7 Å². The van der Waals surface area contributed by atoms with Crippen LogP contribution in [0.5, 0.6) is 0 Å². The molecule has 1 aromatic carbocycles. The van der Waals surface area contributed by atoms with Gasteiger partial charge in [-0.25, -0.2) is 0 Å². The number of halogens is 4. The van der Waals surface area contributed by atoms with Crippen molar-refractivity contribution < 1.29 is 13.2 Å². The van der Waals surface area contributed by atoms with Crippen LogP contribution >= 0.6 is 11.6 Å². The average Bonchev–Trinajstić information content (AvgIpc) is 2.14. The minimum absolute atomic E-state index is 0.125. The van der Waals surface area contributed by atoms with Crippen LogP contribution in [0.2, 0.25) is 0 Å². The fourth-order valence-corrected chi connectivity index (χ4v) is 1.14. The zero-order chi connectivity index (χ0) is 11.5. The highest BCUT2D eigenvalue weighted by atomic mass is 35.5. The molecule has 0 saturated heterocycles. The summed E-state index contributed by atoms with van der Waals surface area (Å²) in [4.78, 5) is 0. The van der Waals surface area contributed by atoms with Crippen LogP contribution in [0.15, 0.2) is 24.3 Å². The van der Waals surface area contributed by atoms with Crippen LogP contribution in [0.25, 0.3) is 0 Å². The maximum atomic E-state index is 12.3. The molecular formula is C10H11ClF3N. The Morgan fingerprint density at radius 2 is 2.07 bits per heavy atom. The quantitative estimate of drug-likeness (QED) is 0.790. The molecule has 0 aliphatic rings. The summed E-state index contributed by atoms with van der Waals surface area (Å²) < 4.78 is 36.9. The van der Waals surface area contributed by atoms with Gasteiger partial charge in [0.1, 0.15) is 0 Å². The summed E-state index contributed by atoms with van der Waals surface area (Å²) in [6.07, 6.45) is -4.30. The first-order chi connectivity index (χ1) is 6.89. The Morgan fingerprint density at radius 3 is 2.60 bits per heavy atom. The molecule has 0 spiro atoms. The summed E-state index contributed by atoms with van der Waals surface area (Å²) in [6, 6.07) is 5.05. The summed E-state index contributed by atoms with van der Waals surface area (Å²) in [5.74, 6) is 0. The molecule has 1 unspecified atom stereocenters. The van der Waals surface area contributed by atoms with E-state index in [1.54, 1.807) is 13.0 Å². The van der Waals surface area contributed by atoms with Gasteiger partial charge in [-0.15, -0.1) is 11.6 Å². The lowest BCUT2D eigenvalue weighted by Gasteiger charge is -2.11. The second kappa shape index (κ2) is 4.75. The molecule has 0 aromatic heterocycles. The topological polar surface area (TPSA) is 12.0 Å². The molecule has 0 bridgehead atoms. The van der Waals surface area contributed by atoms with E-state index in [1.807, 2.05) is 0 Å². The van der Waals surface area contributed by atoms with Crippen LogP contribution in [0, 0.1) is 0 Å². The van der Waals surface area contributed by atoms with Gasteiger partial charge in [-0.2, -0.15) is 13.2 Å². The minimum Gasteiger partial charge on any atom is -0.384 e. The second-order valence-corrected chi connectivity index (χ2v) is 3.99. The SMILES string of the molecule is CC(Cl)CNc1cccc(C(F)(F)F)c1. The number of hydrogen-bond donors (Lipinski definition) is 1. The normalized spacial score (nSPS) is 13.7. The summed E-state index contributed by atoms with van der Waals surface area (Å²) in [7, 11) is 0. The molecule has 0 heterocycles. The maximum absolute atomic E-state index is 12.3. The van der Waals surface area contributed by atoms with Gasteiger partial charge >= 0.3 is 6.18 Å². The molecule has 0 saturated carbocycles. The van der Waals surface area contributed by atoms with Gasteiger partial charge in [0, 0.05) is 17.6 Å². The Bertz CT molecular complexity index is 323. The Kier molecular flexibility index (Phi) is 3.85. The van der Waals surface area contributed by atoms with Crippen LogP contribution in [0.3, 0.4) is 0 Å². The van der Waals surface area contributed by atoms with Gasteiger partial charge in [0.2, 0.25) is 0 Å². The first-order valence-corrected chi connectivity index (χ1v) is 4.88. The number of rotatable bonds is 3. The van der Waals surface area contributed by atoms with E-state index >= 15 is 0 Å². The molecule has 15 heavy (non-hydrogen) atoms. The van der Waals surface area contributed by atoms with Crippen molar-refractivity contribution in [2.45, 2.75) is 18.5 Å². The van der Waals surface area contributed by atoms with Gasteiger partial charge in [-0.05, 0) is 25.1 Å². The van der Waals surface area contributed by atoms with Crippen LogP contribution in [-0.2, 0) is 6.18 Å². The van der Waals surface area contributed by atoms with Gasteiger partial charge in [-0.3, -0.25) is 0 Å². The molecule has 1 nitrogen and oxygen atoms in total. The molecule has 0 aliphatic carbocycles. The van der Waals surface area contributed by atoms with Crippen molar-refractivity contribution in [2.24, 2.45) is 0 Å². The lowest BCUT2D eigenvalue weighted by Crippen LogP contribution is -2.11. The Morgan fingerprint density at radius 1 is 1.40 bits per heavy atom. The zero-order valence-corrected chi connectivity index (χ0v) is 8.86. The van der Waals surface area contributed by atoms with Crippen molar-refractivity contribution in [1.29, 1.82) is 0 Å². The molecular weight excluding hydrogens is 227 g/mol. The molecule has 0 amide bonds. The van der Waals surface area contributed by atoms with E-state index in [9.17, 15) is 13.2 Å². The van der Waals surface area contributed by atoms with Crippen LogP contribution in [-0.4, -0.2) is 11.9 Å². The lowest BCUT2D eigenvalue weighted by atomic mass is 10.2. The third-order valence-corrected chi connectivity index (χ3v) is 1.93. The molecule has 5 heteroatoms. The number of anilines is 1. The predicted molar refractivity (Wildman–Crippen MR) is 55.2 cm³/mol. The van der Waals surface area contributed by atoms with Gasteiger partial charge in [0.15, 0.2) is 0 Å². The average molecular weight is 238 g/mol. The van der Waals surface area contributed by atoms with Crippen molar-refractivity contribution in [2.75, 3.05) is 11.9 Å². The number of alkyl halides is 4. The predicted octanol–water partition coefficient (Wildman–Crippen LogP) is 3.74. The summed E-state index contributed by atoms with van der Waals surface area (Å²) >= 11 is 5.67. The molecule has 1 aromatic rings. The smallest absolute Gasteiger partial charge is 0.384 e. The third kappa shape index (κ3) is 4.00. The first-order valence-electron chi connectivity index (χ1n) is 4.45. The zero-order valence-electron chi connectivity index (χ0n) is 8.11. The van der Waals surface area contributed by atoms with Gasteiger partial charge in [0.05, 0.1) is 5.56 Å². The van der Waals surface area contributed by atoms with Crippen LogP contribution < -0.4 is 5.32 Å². The van der Waals surface area contributed by atoms with E-state index in [1.165, 1.54) is 6.07 Å². The number of hydrogen-bond acceptors (Lipinski definition) is 1. The minimum atomic E-state index is -4.30. The van der Waals surface area contributed by atoms with Crippen molar-refractivity contribution >= 4 is 17.3 Å².